The zero-order chi connectivity index (χ0) is 15.4. The second kappa shape index (κ2) is 6.04. The molecule has 2 aromatic rings. The smallest absolute Gasteiger partial charge is 0.337 e. The van der Waals surface area contributed by atoms with E-state index in [1.54, 1.807) is 24.3 Å². The van der Waals surface area contributed by atoms with Gasteiger partial charge in [-0.3, -0.25) is 4.79 Å². The van der Waals surface area contributed by atoms with Gasteiger partial charge in [0.05, 0.1) is 16.8 Å². The van der Waals surface area contributed by atoms with Crippen molar-refractivity contribution in [3.8, 4) is 0 Å². The van der Waals surface area contributed by atoms with E-state index in [0.717, 1.165) is 5.56 Å². The number of aryl methyl sites for hydroxylation is 1. The number of pyridine rings is 1. The molecule has 4 N–H and O–H groups in total. The average Bonchev–Trinajstić information content (AvgIpc) is 2.47. The van der Waals surface area contributed by atoms with E-state index in [1.165, 1.54) is 12.3 Å². The van der Waals surface area contributed by atoms with Crippen LogP contribution >= 0.6 is 0 Å². The minimum Gasteiger partial charge on any atom is -0.478 e. The van der Waals surface area contributed by atoms with Crippen LogP contribution in [0.2, 0.25) is 0 Å². The number of hydrogen-bond donors (Lipinski definition) is 3. The lowest BCUT2D eigenvalue weighted by Crippen LogP contribution is -2.17. The molecule has 21 heavy (non-hydrogen) atoms. The highest BCUT2D eigenvalue weighted by Crippen LogP contribution is 2.20. The number of nitrogens with zero attached hydrogens (tertiary/aromatic N) is 1. The van der Waals surface area contributed by atoms with Crippen LogP contribution in [0.25, 0.3) is 0 Å². The summed E-state index contributed by atoms with van der Waals surface area (Å²) >= 11 is 0. The number of benzene rings is 1. The molecular weight excluding hydrogens is 270 g/mol. The first-order valence-electron chi connectivity index (χ1n) is 6.41. The van der Waals surface area contributed by atoms with Crippen LogP contribution < -0.4 is 11.1 Å². The number of carbonyl (C=O) groups is 2. The van der Waals surface area contributed by atoms with Crippen LogP contribution in [-0.4, -0.2) is 22.0 Å². The minimum absolute atomic E-state index is 0.0464. The van der Waals surface area contributed by atoms with Crippen LogP contribution in [0, 0.1) is 0 Å². The fourth-order valence-electron chi connectivity index (χ4n) is 1.90. The molecule has 2 rings (SSSR count). The molecule has 0 fully saturated rings. The third-order valence-corrected chi connectivity index (χ3v) is 3.05. The lowest BCUT2D eigenvalue weighted by atomic mass is 10.1. The molecule has 0 aliphatic heterocycles. The summed E-state index contributed by atoms with van der Waals surface area (Å²) in [6.07, 6.45) is 2.19. The number of carboxylic acid groups (broad SMARTS) is 1. The molecule has 0 bridgehead atoms. The molecule has 6 nitrogen and oxygen atoms in total. The number of nitrogens with two attached hydrogens (primary N) is 1. The Morgan fingerprint density at radius 2 is 2.05 bits per heavy atom. The van der Waals surface area contributed by atoms with Crippen LogP contribution in [0.3, 0.4) is 0 Å². The van der Waals surface area contributed by atoms with Crippen LogP contribution in [0.4, 0.5) is 11.5 Å². The summed E-state index contributed by atoms with van der Waals surface area (Å²) in [5, 5.41) is 11.8. The second-order valence-corrected chi connectivity index (χ2v) is 4.43. The molecular formula is C15H15N3O3. The fraction of sp³-hybridized carbons (Fsp3) is 0.133. The van der Waals surface area contributed by atoms with Gasteiger partial charge in [0, 0.05) is 6.20 Å². The summed E-state index contributed by atoms with van der Waals surface area (Å²) in [6.45, 7) is 1.93. The normalized spacial score (nSPS) is 10.1. The molecule has 108 valence electrons. The van der Waals surface area contributed by atoms with Crippen molar-refractivity contribution in [2.45, 2.75) is 13.3 Å². The van der Waals surface area contributed by atoms with Crippen molar-refractivity contribution in [1.82, 2.24) is 4.98 Å². The van der Waals surface area contributed by atoms with Crippen LogP contribution in [0.1, 0.15) is 33.2 Å². The standard InChI is InChI=1S/C15H15N3O3/c1-2-9-5-6-12(11(8-9)15(20)21)18-14(19)10-4-3-7-17-13(10)16/h3-8H,2H2,1H3,(H2,16,17)(H,18,19)(H,20,21). The van der Waals surface area contributed by atoms with Gasteiger partial charge in [-0.05, 0) is 36.2 Å². The van der Waals surface area contributed by atoms with Crippen molar-refractivity contribution >= 4 is 23.4 Å². The van der Waals surface area contributed by atoms with Crippen molar-refractivity contribution in [3.63, 3.8) is 0 Å². The van der Waals surface area contributed by atoms with E-state index in [4.69, 9.17) is 5.73 Å². The monoisotopic (exact) mass is 285 g/mol. The third kappa shape index (κ3) is 3.17. The largest absolute Gasteiger partial charge is 0.478 e. The second-order valence-electron chi connectivity index (χ2n) is 4.43. The van der Waals surface area contributed by atoms with Gasteiger partial charge in [-0.15, -0.1) is 0 Å². The van der Waals surface area contributed by atoms with Crippen molar-refractivity contribution in [2.24, 2.45) is 0 Å². The van der Waals surface area contributed by atoms with Crippen LogP contribution in [0.5, 0.6) is 0 Å². The number of rotatable bonds is 4. The predicted molar refractivity (Wildman–Crippen MR) is 79.4 cm³/mol. The summed E-state index contributed by atoms with van der Waals surface area (Å²) in [4.78, 5) is 27.3. The van der Waals surface area contributed by atoms with Gasteiger partial charge in [0.1, 0.15) is 5.82 Å². The molecule has 0 unspecified atom stereocenters. The number of carbonyl (C=O) groups excluding carboxylic acids is 1. The topological polar surface area (TPSA) is 105 Å². The first-order chi connectivity index (χ1) is 10.0. The molecule has 1 amide bonds. The summed E-state index contributed by atoms with van der Waals surface area (Å²) in [5.74, 6) is -1.50. The highest BCUT2D eigenvalue weighted by molar-refractivity contribution is 6.09. The predicted octanol–water partition coefficient (Wildman–Crippen LogP) is 2.18. The van der Waals surface area contributed by atoms with Crippen molar-refractivity contribution < 1.29 is 14.7 Å². The molecule has 0 atom stereocenters. The van der Waals surface area contributed by atoms with Gasteiger partial charge in [-0.25, -0.2) is 9.78 Å². The number of amides is 1. The molecule has 0 spiro atoms. The average molecular weight is 285 g/mol. The van der Waals surface area contributed by atoms with Gasteiger partial charge in [0.15, 0.2) is 0 Å². The van der Waals surface area contributed by atoms with Crippen molar-refractivity contribution in [3.05, 3.63) is 53.2 Å². The van der Waals surface area contributed by atoms with Gasteiger partial charge < -0.3 is 16.2 Å². The molecule has 1 heterocycles. The summed E-state index contributed by atoms with van der Waals surface area (Å²) in [5.41, 5.74) is 6.99. The van der Waals surface area contributed by atoms with E-state index < -0.39 is 11.9 Å². The Kier molecular flexibility index (Phi) is 4.18. The number of aromatic nitrogens is 1. The molecule has 0 aliphatic rings. The van der Waals surface area contributed by atoms with Crippen molar-refractivity contribution in [1.29, 1.82) is 0 Å². The van der Waals surface area contributed by atoms with Gasteiger partial charge >= 0.3 is 5.97 Å². The molecule has 0 saturated heterocycles. The Bertz CT molecular complexity index is 698. The van der Waals surface area contributed by atoms with Crippen LogP contribution in [0.15, 0.2) is 36.5 Å². The number of carboxylic acids is 1. The Balaban J connectivity index is 2.33. The van der Waals surface area contributed by atoms with Gasteiger partial charge in [-0.2, -0.15) is 0 Å². The molecule has 0 aliphatic carbocycles. The lowest BCUT2D eigenvalue weighted by molar-refractivity contribution is 0.0698. The van der Waals surface area contributed by atoms with Gasteiger partial charge in [-0.1, -0.05) is 13.0 Å². The molecule has 1 aromatic carbocycles. The highest BCUT2D eigenvalue weighted by atomic mass is 16.4. The Morgan fingerprint density at radius 1 is 1.29 bits per heavy atom. The lowest BCUT2D eigenvalue weighted by Gasteiger charge is -2.10. The molecule has 0 saturated carbocycles. The molecule has 0 radical (unpaired) electrons. The van der Waals surface area contributed by atoms with E-state index in [2.05, 4.69) is 10.3 Å². The summed E-state index contributed by atoms with van der Waals surface area (Å²) < 4.78 is 0. The zero-order valence-electron chi connectivity index (χ0n) is 11.5. The molecule has 1 aromatic heterocycles. The first kappa shape index (κ1) is 14.5. The molecule has 6 heteroatoms. The van der Waals surface area contributed by atoms with E-state index >= 15 is 0 Å². The third-order valence-electron chi connectivity index (χ3n) is 3.05. The fourth-order valence-corrected chi connectivity index (χ4v) is 1.90. The van der Waals surface area contributed by atoms with E-state index in [9.17, 15) is 14.7 Å². The van der Waals surface area contributed by atoms with Crippen molar-refractivity contribution in [2.75, 3.05) is 11.1 Å². The van der Waals surface area contributed by atoms with E-state index in [1.807, 2.05) is 6.92 Å². The SMILES string of the molecule is CCc1ccc(NC(=O)c2cccnc2N)c(C(=O)O)c1. The maximum atomic E-state index is 12.1. The number of nitrogen functional groups attached to an aromatic ring is 1. The first-order valence-corrected chi connectivity index (χ1v) is 6.41. The Morgan fingerprint density at radius 3 is 2.67 bits per heavy atom. The zero-order valence-corrected chi connectivity index (χ0v) is 11.5. The van der Waals surface area contributed by atoms with Crippen LogP contribution in [-0.2, 0) is 6.42 Å². The summed E-state index contributed by atoms with van der Waals surface area (Å²) in [6, 6.07) is 8.01. The maximum absolute atomic E-state index is 12.1. The number of hydrogen-bond acceptors (Lipinski definition) is 4. The minimum atomic E-state index is -1.10. The number of anilines is 2. The number of aromatic carboxylic acids is 1. The maximum Gasteiger partial charge on any atom is 0.337 e. The van der Waals surface area contributed by atoms with Gasteiger partial charge in [0.25, 0.3) is 5.91 Å². The number of nitrogens with one attached hydrogen (secondary N) is 1. The van der Waals surface area contributed by atoms with E-state index in [-0.39, 0.29) is 22.6 Å². The Hall–Kier alpha value is -2.89. The Labute approximate surface area is 121 Å². The van der Waals surface area contributed by atoms with Gasteiger partial charge in [0.2, 0.25) is 0 Å². The van der Waals surface area contributed by atoms with E-state index in [0.29, 0.717) is 6.42 Å². The quantitative estimate of drug-likeness (QED) is 0.798. The summed E-state index contributed by atoms with van der Waals surface area (Å²) in [7, 11) is 0. The highest BCUT2D eigenvalue weighted by Gasteiger charge is 2.15.